The second kappa shape index (κ2) is 8.49. The molecule has 0 saturated heterocycles. The summed E-state index contributed by atoms with van der Waals surface area (Å²) >= 11 is 0. The van der Waals surface area contributed by atoms with E-state index in [1.54, 1.807) is 36.7 Å². The molecule has 2 aliphatic heterocycles. The van der Waals surface area contributed by atoms with E-state index >= 15 is 0 Å². The van der Waals surface area contributed by atoms with Crippen LogP contribution in [0.5, 0.6) is 0 Å². The van der Waals surface area contributed by atoms with E-state index < -0.39 is 16.2 Å². The monoisotopic (exact) mass is 486 g/mol. The third kappa shape index (κ3) is 3.95. The number of hydrogen-bond acceptors (Lipinski definition) is 6. The summed E-state index contributed by atoms with van der Waals surface area (Å²) in [6, 6.07) is 17.2. The molecular formula is C26H26N6O2S. The van der Waals surface area contributed by atoms with Crippen LogP contribution >= 0.6 is 0 Å². The van der Waals surface area contributed by atoms with Gasteiger partial charge >= 0.3 is 0 Å². The maximum absolute atomic E-state index is 13.3. The Labute approximate surface area is 204 Å². The van der Waals surface area contributed by atoms with E-state index in [9.17, 15) is 8.42 Å². The molecule has 1 N–H and O–H groups in total. The van der Waals surface area contributed by atoms with Crippen molar-refractivity contribution in [3.63, 3.8) is 0 Å². The van der Waals surface area contributed by atoms with E-state index in [2.05, 4.69) is 38.7 Å². The molecule has 0 bridgehead atoms. The molecule has 6 rings (SSSR count). The van der Waals surface area contributed by atoms with E-state index in [-0.39, 0.29) is 10.9 Å². The topological polar surface area (TPSA) is 92.5 Å². The lowest BCUT2D eigenvalue weighted by atomic mass is 10.1. The van der Waals surface area contributed by atoms with Crippen LogP contribution in [0, 0.1) is 6.92 Å². The van der Waals surface area contributed by atoms with Crippen molar-refractivity contribution in [3.05, 3.63) is 89.7 Å². The van der Waals surface area contributed by atoms with Gasteiger partial charge < -0.3 is 5.32 Å². The Morgan fingerprint density at radius 2 is 1.86 bits per heavy atom. The number of aryl methyl sites for hydroxylation is 1. The second-order valence-corrected chi connectivity index (χ2v) is 11.1. The van der Waals surface area contributed by atoms with Crippen LogP contribution in [0.2, 0.25) is 0 Å². The van der Waals surface area contributed by atoms with Crippen LogP contribution in [0.25, 0.3) is 6.08 Å². The number of aliphatic imine (C=N–C) groups is 1. The number of nitrogens with one attached hydrogen (secondary N) is 1. The van der Waals surface area contributed by atoms with Crippen LogP contribution in [0.3, 0.4) is 0 Å². The number of para-hydroxylation sites is 1. The molecule has 35 heavy (non-hydrogen) atoms. The molecule has 1 aliphatic carbocycles. The smallest absolute Gasteiger partial charge is 0.265 e. The molecule has 0 spiro atoms. The first-order chi connectivity index (χ1) is 17.0. The fourth-order valence-electron chi connectivity index (χ4n) is 4.98. The molecule has 8 nitrogen and oxygen atoms in total. The summed E-state index contributed by atoms with van der Waals surface area (Å²) in [6.07, 6.45) is 9.58. The molecule has 2 aromatic carbocycles. The van der Waals surface area contributed by atoms with Crippen LogP contribution in [0.15, 0.2) is 82.3 Å². The lowest BCUT2D eigenvalue weighted by Gasteiger charge is -2.29. The van der Waals surface area contributed by atoms with Gasteiger partial charge in [0.25, 0.3) is 10.0 Å². The van der Waals surface area contributed by atoms with Crippen LogP contribution in [0.1, 0.15) is 42.5 Å². The predicted molar refractivity (Wildman–Crippen MR) is 135 cm³/mol. The Kier molecular flexibility index (Phi) is 5.29. The normalized spacial score (nSPS) is 24.1. The minimum atomic E-state index is -3.73. The largest absolute Gasteiger partial charge is 0.382 e. The molecule has 1 fully saturated rings. The first-order valence-corrected chi connectivity index (χ1v) is 13.2. The first-order valence-electron chi connectivity index (χ1n) is 11.8. The zero-order valence-corrected chi connectivity index (χ0v) is 20.1. The average molecular weight is 487 g/mol. The summed E-state index contributed by atoms with van der Waals surface area (Å²) in [4.78, 5) is 4.79. The molecule has 2 unspecified atom stereocenters. The highest BCUT2D eigenvalue weighted by molar-refractivity contribution is 7.89. The Morgan fingerprint density at radius 1 is 1.06 bits per heavy atom. The Bertz CT molecular complexity index is 1440. The third-order valence-electron chi connectivity index (χ3n) is 6.78. The van der Waals surface area contributed by atoms with E-state index in [4.69, 9.17) is 0 Å². The van der Waals surface area contributed by atoms with Crippen molar-refractivity contribution < 1.29 is 8.42 Å². The number of rotatable bonds is 5. The quantitative estimate of drug-likeness (QED) is 0.585. The Hall–Kier alpha value is -3.72. The van der Waals surface area contributed by atoms with Crippen molar-refractivity contribution in [2.45, 2.75) is 49.3 Å². The van der Waals surface area contributed by atoms with Crippen molar-refractivity contribution in [1.82, 2.24) is 19.1 Å². The SMILES string of the molecule is Cc1ccc(S(=O)(=O)N2C=CC3C2N=Cc2nnc(/C=C4/CC[C@@H](Nc5ccccc5)C4)n23)cc1. The van der Waals surface area contributed by atoms with Gasteiger partial charge in [-0.25, -0.2) is 12.7 Å². The summed E-state index contributed by atoms with van der Waals surface area (Å²) in [5.74, 6) is 1.37. The summed E-state index contributed by atoms with van der Waals surface area (Å²) < 4.78 is 30.0. The number of sulfonamides is 1. The standard InChI is InChI=1S/C26H26N6O2S/c1-18-7-11-22(12-8-18)35(33,34)31-14-13-23-26(31)27-17-25-30-29-24(32(23)25)16-19-9-10-21(15-19)28-20-5-3-2-4-6-20/h2-8,11-14,16-17,21,23,26,28H,9-10,15H2,1H3/b19-16-/t21-,23?,26?/m1/s1. The van der Waals surface area contributed by atoms with Crippen molar-refractivity contribution in [2.24, 2.45) is 4.99 Å². The van der Waals surface area contributed by atoms with Crippen molar-refractivity contribution in [3.8, 4) is 0 Å². The van der Waals surface area contributed by atoms with Gasteiger partial charge in [-0.3, -0.25) is 9.56 Å². The molecule has 3 heterocycles. The molecule has 3 aliphatic rings. The molecule has 0 radical (unpaired) electrons. The maximum Gasteiger partial charge on any atom is 0.265 e. The number of hydrogen-bond donors (Lipinski definition) is 1. The summed E-state index contributed by atoms with van der Waals surface area (Å²) in [6.45, 7) is 1.93. The number of benzene rings is 2. The number of anilines is 1. The highest BCUT2D eigenvalue weighted by atomic mass is 32.2. The Balaban J connectivity index is 1.23. The summed E-state index contributed by atoms with van der Waals surface area (Å²) in [7, 11) is -3.73. The van der Waals surface area contributed by atoms with Crippen molar-refractivity contribution >= 4 is 28.0 Å². The van der Waals surface area contributed by atoms with Gasteiger partial charge in [-0.2, -0.15) is 0 Å². The van der Waals surface area contributed by atoms with E-state index in [0.29, 0.717) is 11.9 Å². The average Bonchev–Trinajstić information content (AvgIpc) is 3.59. The highest BCUT2D eigenvalue weighted by Gasteiger charge is 2.41. The lowest BCUT2D eigenvalue weighted by Crippen LogP contribution is -2.38. The molecule has 178 valence electrons. The van der Waals surface area contributed by atoms with Gasteiger partial charge in [0, 0.05) is 17.9 Å². The molecular weight excluding hydrogens is 460 g/mol. The number of nitrogens with zero attached hydrogens (tertiary/aromatic N) is 5. The van der Waals surface area contributed by atoms with Crippen molar-refractivity contribution in [1.29, 1.82) is 0 Å². The summed E-state index contributed by atoms with van der Waals surface area (Å²) in [5.41, 5.74) is 3.44. The lowest BCUT2D eigenvalue weighted by molar-refractivity contribution is 0.356. The second-order valence-electron chi connectivity index (χ2n) is 9.21. The first kappa shape index (κ1) is 21.8. The number of aromatic nitrogens is 3. The molecule has 0 amide bonds. The molecule has 9 heteroatoms. The minimum Gasteiger partial charge on any atom is -0.382 e. The maximum atomic E-state index is 13.3. The van der Waals surface area contributed by atoms with Gasteiger partial charge in [0.15, 0.2) is 17.8 Å². The van der Waals surface area contributed by atoms with E-state index in [1.165, 1.54) is 9.88 Å². The van der Waals surface area contributed by atoms with Gasteiger partial charge in [0.1, 0.15) is 0 Å². The molecule has 1 saturated carbocycles. The molecule has 3 atom stereocenters. The highest BCUT2D eigenvalue weighted by Crippen LogP contribution is 2.36. The van der Waals surface area contributed by atoms with Crippen molar-refractivity contribution in [2.75, 3.05) is 5.32 Å². The molecule has 1 aromatic heterocycles. The van der Waals surface area contributed by atoms with E-state index in [1.807, 2.05) is 35.8 Å². The third-order valence-corrected chi connectivity index (χ3v) is 8.54. The zero-order valence-electron chi connectivity index (χ0n) is 19.3. The minimum absolute atomic E-state index is 0.253. The summed E-state index contributed by atoms with van der Waals surface area (Å²) in [5, 5.41) is 12.3. The number of fused-ring (bicyclic) bond motifs is 3. The van der Waals surface area contributed by atoms with E-state index in [0.717, 1.165) is 36.3 Å². The van der Waals surface area contributed by atoms with Gasteiger partial charge in [-0.15, -0.1) is 10.2 Å². The zero-order chi connectivity index (χ0) is 24.0. The fraction of sp³-hybridized carbons (Fsp3) is 0.269. The van der Waals surface area contributed by atoms with Crippen LogP contribution < -0.4 is 5.32 Å². The Morgan fingerprint density at radius 3 is 2.66 bits per heavy atom. The molecule has 3 aromatic rings. The van der Waals surface area contributed by atoms with Gasteiger partial charge in [0.2, 0.25) is 0 Å². The predicted octanol–water partition coefficient (Wildman–Crippen LogP) is 4.15. The van der Waals surface area contributed by atoms with Gasteiger partial charge in [-0.05, 0) is 62.6 Å². The van der Waals surface area contributed by atoms with Crippen LogP contribution in [-0.2, 0) is 10.0 Å². The van der Waals surface area contributed by atoms with Gasteiger partial charge in [0.05, 0.1) is 17.2 Å². The van der Waals surface area contributed by atoms with Gasteiger partial charge in [-0.1, -0.05) is 41.5 Å². The fourth-order valence-corrected chi connectivity index (χ4v) is 6.39. The van der Waals surface area contributed by atoms with Crippen LogP contribution in [-0.4, -0.2) is 45.9 Å². The van der Waals surface area contributed by atoms with Crippen LogP contribution in [0.4, 0.5) is 5.69 Å².